The summed E-state index contributed by atoms with van der Waals surface area (Å²) in [6.45, 7) is 5.69. The number of aryl methyl sites for hydroxylation is 3. The first kappa shape index (κ1) is 20.5. The average molecular weight is 433 g/mol. The lowest BCUT2D eigenvalue weighted by Gasteiger charge is -2.15. The highest BCUT2D eigenvalue weighted by Crippen LogP contribution is 2.32. The summed E-state index contributed by atoms with van der Waals surface area (Å²) in [5, 5.41) is 18.3. The number of anilines is 1. The predicted molar refractivity (Wildman–Crippen MR) is 120 cm³/mol. The molecule has 3 heterocycles. The van der Waals surface area contributed by atoms with E-state index in [1.165, 1.54) is 38.7 Å². The fourth-order valence-corrected chi connectivity index (χ4v) is 4.26. The van der Waals surface area contributed by atoms with Gasteiger partial charge in [-0.05, 0) is 37.5 Å². The number of rotatable bonds is 4. The topological polar surface area (TPSA) is 106 Å². The summed E-state index contributed by atoms with van der Waals surface area (Å²) in [5.41, 5.74) is 4.03. The first-order chi connectivity index (χ1) is 14.8. The average Bonchev–Trinajstić information content (AvgIpc) is 3.34. The molecule has 156 valence electrons. The van der Waals surface area contributed by atoms with Crippen LogP contribution in [0.15, 0.2) is 40.9 Å². The van der Waals surface area contributed by atoms with E-state index in [1.807, 2.05) is 37.4 Å². The van der Waals surface area contributed by atoms with Crippen molar-refractivity contribution in [3.63, 3.8) is 0 Å². The maximum atomic E-state index is 13.4. The largest absolute Gasteiger partial charge is 0.308 e. The minimum absolute atomic E-state index is 0.249. The van der Waals surface area contributed by atoms with Crippen molar-refractivity contribution < 1.29 is 4.79 Å². The van der Waals surface area contributed by atoms with Crippen LogP contribution in [0.2, 0.25) is 0 Å². The maximum absolute atomic E-state index is 13.4. The van der Waals surface area contributed by atoms with Crippen molar-refractivity contribution in [2.75, 3.05) is 5.32 Å². The van der Waals surface area contributed by atoms with Gasteiger partial charge in [-0.1, -0.05) is 18.2 Å². The lowest BCUT2D eigenvalue weighted by Crippen LogP contribution is -2.32. The number of hydrogen-bond acceptors (Lipinski definition) is 6. The fraction of sp³-hybridized carbons (Fsp3) is 0.227. The first-order valence-electron chi connectivity index (χ1n) is 9.60. The third kappa shape index (κ3) is 3.51. The third-order valence-electron chi connectivity index (χ3n) is 5.43. The molecule has 0 aliphatic heterocycles. The Morgan fingerprint density at radius 3 is 2.77 bits per heavy atom. The van der Waals surface area contributed by atoms with Gasteiger partial charge in [0.15, 0.2) is 0 Å². The van der Waals surface area contributed by atoms with Gasteiger partial charge >= 0.3 is 0 Å². The molecule has 1 amide bonds. The zero-order chi connectivity index (χ0) is 22.3. The van der Waals surface area contributed by atoms with Crippen molar-refractivity contribution in [1.29, 1.82) is 5.26 Å². The van der Waals surface area contributed by atoms with Crippen molar-refractivity contribution in [2.45, 2.75) is 26.8 Å². The van der Waals surface area contributed by atoms with E-state index in [9.17, 15) is 14.9 Å². The van der Waals surface area contributed by atoms with Gasteiger partial charge in [-0.2, -0.15) is 10.4 Å². The number of fused-ring (bicyclic) bond motifs is 1. The summed E-state index contributed by atoms with van der Waals surface area (Å²) in [5.74, 6) is -0.154. The summed E-state index contributed by atoms with van der Waals surface area (Å²) >= 11 is 1.40. The number of hydrogen-bond donors (Lipinski definition) is 1. The number of thiophene rings is 1. The summed E-state index contributed by atoms with van der Waals surface area (Å²) in [6, 6.07) is 7.22. The summed E-state index contributed by atoms with van der Waals surface area (Å²) in [4.78, 5) is 31.2. The smallest absolute Gasteiger partial charge is 0.263 e. The zero-order valence-electron chi connectivity index (χ0n) is 17.5. The Balaban J connectivity index is 1.74. The molecule has 0 spiro atoms. The van der Waals surface area contributed by atoms with Crippen LogP contribution in [0.4, 0.5) is 5.82 Å². The second kappa shape index (κ2) is 7.81. The molecular formula is C22H20N6O2S. The molecule has 0 aliphatic carbocycles. The van der Waals surface area contributed by atoms with Crippen molar-refractivity contribution in [2.24, 2.45) is 7.05 Å². The number of carbonyl (C=O) groups is 1. The van der Waals surface area contributed by atoms with Gasteiger partial charge in [-0.3, -0.25) is 18.8 Å². The molecule has 8 nitrogen and oxygen atoms in total. The Hall–Kier alpha value is -3.77. The van der Waals surface area contributed by atoms with E-state index in [1.54, 1.807) is 14.0 Å². The van der Waals surface area contributed by atoms with Crippen LogP contribution in [0, 0.1) is 25.2 Å². The number of amides is 1. The Bertz CT molecular complexity index is 1420. The van der Waals surface area contributed by atoms with Crippen LogP contribution < -0.4 is 10.9 Å². The molecule has 0 radical (unpaired) electrons. The molecule has 1 unspecified atom stereocenters. The van der Waals surface area contributed by atoms with Gasteiger partial charge in [0.2, 0.25) is 5.91 Å². The molecule has 1 N–H and O–H groups in total. The molecule has 0 bridgehead atoms. The first-order valence-corrected chi connectivity index (χ1v) is 10.5. The Morgan fingerprint density at radius 1 is 1.29 bits per heavy atom. The number of carbonyl (C=O) groups excluding carboxylic acids is 1. The highest BCUT2D eigenvalue weighted by Gasteiger charge is 2.22. The van der Waals surface area contributed by atoms with Crippen LogP contribution in [0.3, 0.4) is 0 Å². The molecule has 0 saturated carbocycles. The number of aromatic nitrogens is 4. The molecule has 31 heavy (non-hydrogen) atoms. The molecular weight excluding hydrogens is 412 g/mol. The third-order valence-corrected chi connectivity index (χ3v) is 6.32. The predicted octanol–water partition coefficient (Wildman–Crippen LogP) is 3.55. The number of nitrogens with zero attached hydrogens (tertiary/aromatic N) is 5. The fourth-order valence-electron chi connectivity index (χ4n) is 3.36. The Labute approximate surface area is 182 Å². The number of benzene rings is 1. The second-order valence-corrected chi connectivity index (χ2v) is 8.25. The minimum Gasteiger partial charge on any atom is -0.308 e. The normalized spacial score (nSPS) is 12.0. The number of nitrogens with one attached hydrogen (secondary N) is 1. The molecule has 0 fully saturated rings. The molecule has 0 saturated heterocycles. The second-order valence-electron chi connectivity index (χ2n) is 7.39. The molecule has 4 rings (SSSR count). The van der Waals surface area contributed by atoms with E-state index in [-0.39, 0.29) is 16.9 Å². The molecule has 9 heteroatoms. The molecule has 1 aromatic carbocycles. The number of nitriles is 1. The van der Waals surface area contributed by atoms with Crippen molar-refractivity contribution in [1.82, 2.24) is 19.3 Å². The van der Waals surface area contributed by atoms with Crippen LogP contribution in [0.5, 0.6) is 0 Å². The van der Waals surface area contributed by atoms with Crippen LogP contribution >= 0.6 is 11.3 Å². The van der Waals surface area contributed by atoms with Crippen LogP contribution in [0.1, 0.15) is 29.7 Å². The molecule has 1 atom stereocenters. The molecule has 3 aromatic heterocycles. The lowest BCUT2D eigenvalue weighted by atomic mass is 10.0. The van der Waals surface area contributed by atoms with E-state index in [2.05, 4.69) is 21.5 Å². The molecule has 0 aliphatic rings. The van der Waals surface area contributed by atoms with Gasteiger partial charge in [0.05, 0.1) is 17.9 Å². The van der Waals surface area contributed by atoms with Crippen molar-refractivity contribution in [3.05, 3.63) is 63.1 Å². The van der Waals surface area contributed by atoms with Gasteiger partial charge in [-0.25, -0.2) is 4.98 Å². The van der Waals surface area contributed by atoms with E-state index in [4.69, 9.17) is 0 Å². The van der Waals surface area contributed by atoms with E-state index in [0.717, 1.165) is 16.7 Å². The van der Waals surface area contributed by atoms with Crippen LogP contribution in [-0.2, 0) is 11.8 Å². The lowest BCUT2D eigenvalue weighted by molar-refractivity contribution is -0.118. The quantitative estimate of drug-likeness (QED) is 0.531. The van der Waals surface area contributed by atoms with Crippen LogP contribution in [-0.4, -0.2) is 25.2 Å². The van der Waals surface area contributed by atoms with Gasteiger partial charge in [0, 0.05) is 18.0 Å². The van der Waals surface area contributed by atoms with E-state index >= 15 is 0 Å². The minimum atomic E-state index is -0.835. The highest BCUT2D eigenvalue weighted by atomic mass is 32.1. The van der Waals surface area contributed by atoms with Gasteiger partial charge in [-0.15, -0.1) is 11.3 Å². The summed E-state index contributed by atoms with van der Waals surface area (Å²) in [7, 11) is 1.63. The monoisotopic (exact) mass is 432 g/mol. The molecule has 4 aromatic rings. The Kier molecular flexibility index (Phi) is 5.17. The SMILES string of the molecule is Cc1ccc(-c2csc3ncn(C(C)C(=O)Nc4c(C#N)cnn4C)c(=O)c23)cc1C. The Morgan fingerprint density at radius 2 is 2.06 bits per heavy atom. The van der Waals surface area contributed by atoms with E-state index in [0.29, 0.717) is 10.2 Å². The van der Waals surface area contributed by atoms with Crippen LogP contribution in [0.25, 0.3) is 21.3 Å². The highest BCUT2D eigenvalue weighted by molar-refractivity contribution is 7.17. The zero-order valence-corrected chi connectivity index (χ0v) is 18.3. The van der Waals surface area contributed by atoms with Gasteiger partial charge < -0.3 is 5.32 Å². The maximum Gasteiger partial charge on any atom is 0.263 e. The standard InChI is InChI=1S/C22H20N6O2S/c1-12-5-6-15(7-13(12)2)17-10-31-21-18(17)22(30)28(11-24-21)14(3)20(29)26-19-16(8-23)9-25-27(19)4/h5-7,9-11,14H,1-4H3,(H,26,29). The summed E-state index contributed by atoms with van der Waals surface area (Å²) < 4.78 is 2.72. The van der Waals surface area contributed by atoms with E-state index < -0.39 is 11.9 Å². The van der Waals surface area contributed by atoms with Crippen molar-refractivity contribution >= 4 is 33.3 Å². The van der Waals surface area contributed by atoms with Gasteiger partial charge in [0.25, 0.3) is 5.56 Å². The summed E-state index contributed by atoms with van der Waals surface area (Å²) in [6.07, 6.45) is 2.77. The van der Waals surface area contributed by atoms with Crippen molar-refractivity contribution in [3.8, 4) is 17.2 Å². The van der Waals surface area contributed by atoms with Gasteiger partial charge in [0.1, 0.15) is 28.3 Å².